The molecule has 150 valence electrons. The highest BCUT2D eigenvalue weighted by Crippen LogP contribution is 2.27. The van der Waals surface area contributed by atoms with Crippen molar-refractivity contribution in [3.05, 3.63) is 64.8 Å². The fraction of sp³-hybridized carbons (Fsp3) is 0.318. The third-order valence-corrected chi connectivity index (χ3v) is 5.25. The van der Waals surface area contributed by atoms with E-state index >= 15 is 0 Å². The molecule has 0 spiro atoms. The maximum atomic E-state index is 13.0. The van der Waals surface area contributed by atoms with Gasteiger partial charge >= 0.3 is 5.69 Å². The van der Waals surface area contributed by atoms with E-state index in [-0.39, 0.29) is 18.3 Å². The fourth-order valence-electron chi connectivity index (χ4n) is 3.87. The molecule has 0 radical (unpaired) electrons. The van der Waals surface area contributed by atoms with Gasteiger partial charge in [-0.25, -0.2) is 9.18 Å². The first-order valence-corrected chi connectivity index (χ1v) is 9.81. The third-order valence-electron chi connectivity index (χ3n) is 5.25. The molecule has 1 N–H and O–H groups in total. The molecule has 1 aromatic heterocycles. The number of carbonyl (C=O) groups is 1. The average Bonchev–Trinajstić information content (AvgIpc) is 2.71. The van der Waals surface area contributed by atoms with E-state index in [9.17, 15) is 14.0 Å². The van der Waals surface area contributed by atoms with Crippen LogP contribution in [0.5, 0.6) is 0 Å². The molecule has 1 aliphatic rings. The predicted molar refractivity (Wildman–Crippen MR) is 112 cm³/mol. The van der Waals surface area contributed by atoms with E-state index in [0.717, 1.165) is 24.9 Å². The highest BCUT2D eigenvalue weighted by molar-refractivity contribution is 5.93. The number of aromatic nitrogens is 2. The fourth-order valence-corrected chi connectivity index (χ4v) is 3.87. The molecular formula is C22H23FN4O2. The van der Waals surface area contributed by atoms with Crippen molar-refractivity contribution in [3.63, 3.8) is 0 Å². The van der Waals surface area contributed by atoms with E-state index in [1.807, 2.05) is 24.3 Å². The van der Waals surface area contributed by atoms with Gasteiger partial charge in [-0.05, 0) is 55.2 Å². The summed E-state index contributed by atoms with van der Waals surface area (Å²) in [5, 5.41) is 3.55. The highest BCUT2D eigenvalue weighted by Gasteiger charge is 2.21. The van der Waals surface area contributed by atoms with Crippen LogP contribution in [-0.2, 0) is 11.3 Å². The third kappa shape index (κ3) is 4.13. The minimum Gasteiger partial charge on any atom is -0.356 e. The minimum absolute atomic E-state index is 0.166. The van der Waals surface area contributed by atoms with E-state index in [1.54, 1.807) is 0 Å². The monoisotopic (exact) mass is 394 g/mol. The topological polar surface area (TPSA) is 67.2 Å². The van der Waals surface area contributed by atoms with Crippen molar-refractivity contribution in [2.45, 2.75) is 26.3 Å². The van der Waals surface area contributed by atoms with Gasteiger partial charge in [0.2, 0.25) is 5.91 Å². The number of hydrogen-bond acceptors (Lipinski definition) is 4. The molecule has 1 saturated heterocycles. The normalized spacial score (nSPS) is 16.8. The molecule has 1 aliphatic heterocycles. The lowest BCUT2D eigenvalue weighted by Gasteiger charge is -2.32. The maximum absolute atomic E-state index is 13.0. The summed E-state index contributed by atoms with van der Waals surface area (Å²) in [6.45, 7) is 3.77. The van der Waals surface area contributed by atoms with Gasteiger partial charge in [-0.2, -0.15) is 4.98 Å². The van der Waals surface area contributed by atoms with Crippen LogP contribution in [-0.4, -0.2) is 28.5 Å². The van der Waals surface area contributed by atoms with Crippen molar-refractivity contribution >= 4 is 28.3 Å². The molecule has 6 nitrogen and oxygen atoms in total. The van der Waals surface area contributed by atoms with Crippen molar-refractivity contribution in [3.8, 4) is 0 Å². The maximum Gasteiger partial charge on any atom is 0.350 e. The van der Waals surface area contributed by atoms with Crippen LogP contribution in [0.2, 0.25) is 0 Å². The lowest BCUT2D eigenvalue weighted by atomic mass is 10.00. The quantitative estimate of drug-likeness (QED) is 0.736. The summed E-state index contributed by atoms with van der Waals surface area (Å²) in [7, 11) is 0. The van der Waals surface area contributed by atoms with Crippen LogP contribution in [0.15, 0.2) is 53.3 Å². The summed E-state index contributed by atoms with van der Waals surface area (Å²) in [5.41, 5.74) is 0.696. The zero-order valence-electron chi connectivity index (χ0n) is 16.3. The largest absolute Gasteiger partial charge is 0.356 e. The van der Waals surface area contributed by atoms with E-state index in [0.29, 0.717) is 22.9 Å². The van der Waals surface area contributed by atoms with E-state index in [2.05, 4.69) is 22.1 Å². The zero-order valence-corrected chi connectivity index (χ0v) is 16.3. The summed E-state index contributed by atoms with van der Waals surface area (Å²) in [5.74, 6) is 0.489. The highest BCUT2D eigenvalue weighted by atomic mass is 19.1. The molecule has 3 aromatic rings. The Morgan fingerprint density at radius 3 is 2.72 bits per heavy atom. The number of para-hydroxylation sites is 1. The smallest absolute Gasteiger partial charge is 0.350 e. The van der Waals surface area contributed by atoms with Crippen molar-refractivity contribution in [2.75, 3.05) is 23.3 Å². The number of amides is 1. The molecule has 7 heteroatoms. The SMILES string of the molecule is CC1CCCN(c2nc(=O)n(CC(=O)Nc3ccc(F)cc3)c3ccccc23)C1. The van der Waals surface area contributed by atoms with Gasteiger partial charge in [-0.1, -0.05) is 19.1 Å². The number of hydrogen-bond donors (Lipinski definition) is 1. The summed E-state index contributed by atoms with van der Waals surface area (Å²) in [6.07, 6.45) is 2.25. The Balaban J connectivity index is 1.65. The Kier molecular flexibility index (Phi) is 5.29. The number of carbonyl (C=O) groups excluding carboxylic acids is 1. The number of halogens is 1. The van der Waals surface area contributed by atoms with E-state index < -0.39 is 5.69 Å². The lowest BCUT2D eigenvalue weighted by molar-refractivity contribution is -0.116. The zero-order chi connectivity index (χ0) is 20.4. The molecule has 0 aliphatic carbocycles. The molecule has 2 aromatic carbocycles. The summed E-state index contributed by atoms with van der Waals surface area (Å²) in [6, 6.07) is 13.0. The number of rotatable bonds is 4. The van der Waals surface area contributed by atoms with Gasteiger partial charge in [0.25, 0.3) is 0 Å². The molecule has 0 saturated carbocycles. The molecule has 1 atom stereocenters. The van der Waals surface area contributed by atoms with Crippen molar-refractivity contribution in [1.29, 1.82) is 0 Å². The van der Waals surface area contributed by atoms with Crippen LogP contribution in [0.1, 0.15) is 19.8 Å². The first kappa shape index (κ1) is 19.1. The van der Waals surface area contributed by atoms with Crippen molar-refractivity contribution in [1.82, 2.24) is 9.55 Å². The second-order valence-corrected chi connectivity index (χ2v) is 7.57. The van der Waals surface area contributed by atoms with Crippen LogP contribution in [0.4, 0.5) is 15.9 Å². The minimum atomic E-state index is -0.453. The van der Waals surface area contributed by atoms with E-state index in [1.165, 1.54) is 35.3 Å². The Hall–Kier alpha value is -3.22. The first-order valence-electron chi connectivity index (χ1n) is 9.81. The molecular weight excluding hydrogens is 371 g/mol. The molecule has 1 amide bonds. The molecule has 1 unspecified atom stereocenters. The molecule has 4 rings (SSSR count). The van der Waals surface area contributed by atoms with Crippen molar-refractivity contribution < 1.29 is 9.18 Å². The second kappa shape index (κ2) is 8.03. The number of nitrogens with zero attached hydrogens (tertiary/aromatic N) is 3. The van der Waals surface area contributed by atoms with Crippen LogP contribution in [0.25, 0.3) is 10.9 Å². The molecule has 1 fully saturated rings. The standard InChI is InChI=1S/C22H23FN4O2/c1-15-5-4-12-26(13-15)21-18-6-2-3-7-19(18)27(22(29)25-21)14-20(28)24-17-10-8-16(23)9-11-17/h2-3,6-11,15H,4-5,12-14H2,1H3,(H,24,28). The summed E-state index contributed by atoms with van der Waals surface area (Å²) < 4.78 is 14.4. The Morgan fingerprint density at radius 2 is 1.97 bits per heavy atom. The number of benzene rings is 2. The average molecular weight is 394 g/mol. The first-order chi connectivity index (χ1) is 14.0. The van der Waals surface area contributed by atoms with Crippen LogP contribution in [0, 0.1) is 11.7 Å². The van der Waals surface area contributed by atoms with Gasteiger partial charge in [0, 0.05) is 24.2 Å². The summed E-state index contributed by atoms with van der Waals surface area (Å²) >= 11 is 0. The van der Waals surface area contributed by atoms with Crippen molar-refractivity contribution in [2.24, 2.45) is 5.92 Å². The van der Waals surface area contributed by atoms with Crippen LogP contribution in [0.3, 0.4) is 0 Å². The molecule has 2 heterocycles. The van der Waals surface area contributed by atoms with Gasteiger partial charge in [0.15, 0.2) is 0 Å². The van der Waals surface area contributed by atoms with E-state index in [4.69, 9.17) is 0 Å². The number of piperidine rings is 1. The van der Waals surface area contributed by atoms with Crippen LogP contribution < -0.4 is 15.9 Å². The van der Waals surface area contributed by atoms with Gasteiger partial charge < -0.3 is 10.2 Å². The molecule has 29 heavy (non-hydrogen) atoms. The van der Waals surface area contributed by atoms with Crippen LogP contribution >= 0.6 is 0 Å². The predicted octanol–water partition coefficient (Wildman–Crippen LogP) is 3.41. The Labute approximate surface area is 168 Å². The summed E-state index contributed by atoms with van der Waals surface area (Å²) in [4.78, 5) is 31.8. The Bertz CT molecular complexity index is 1090. The second-order valence-electron chi connectivity index (χ2n) is 7.57. The van der Waals surface area contributed by atoms with Gasteiger partial charge in [-0.15, -0.1) is 0 Å². The van der Waals surface area contributed by atoms with Gasteiger partial charge in [0.1, 0.15) is 18.2 Å². The number of nitrogens with one attached hydrogen (secondary N) is 1. The number of anilines is 2. The number of fused-ring (bicyclic) bond motifs is 1. The lowest BCUT2D eigenvalue weighted by Crippen LogP contribution is -2.38. The molecule has 0 bridgehead atoms. The Morgan fingerprint density at radius 1 is 1.21 bits per heavy atom. The van der Waals surface area contributed by atoms with Gasteiger partial charge in [0.05, 0.1) is 5.52 Å². The van der Waals surface area contributed by atoms with Gasteiger partial charge in [-0.3, -0.25) is 9.36 Å².